The highest BCUT2D eigenvalue weighted by Crippen LogP contribution is 2.18. The minimum atomic E-state index is -0.733. The molecule has 30 heavy (non-hydrogen) atoms. The van der Waals surface area contributed by atoms with Gasteiger partial charge in [0.05, 0.1) is 12.5 Å². The number of nitrogens with zero attached hydrogens (tertiary/aromatic N) is 1. The van der Waals surface area contributed by atoms with Crippen LogP contribution in [-0.2, 0) is 14.3 Å². The van der Waals surface area contributed by atoms with Gasteiger partial charge in [0, 0.05) is 17.5 Å². The second-order valence-electron chi connectivity index (χ2n) is 7.55. The minimum absolute atomic E-state index is 0.00700. The van der Waals surface area contributed by atoms with Gasteiger partial charge in [-0.15, -0.1) is 0 Å². The number of carbonyl (C=O) groups excluding carboxylic acids is 4. The van der Waals surface area contributed by atoms with Crippen LogP contribution in [0.4, 0.5) is 0 Å². The van der Waals surface area contributed by atoms with E-state index in [0.717, 1.165) is 21.7 Å². The summed E-state index contributed by atoms with van der Waals surface area (Å²) in [7, 11) is 0. The van der Waals surface area contributed by atoms with Crippen molar-refractivity contribution in [3.8, 4) is 0 Å². The quantitative estimate of drug-likeness (QED) is 0.586. The number of ether oxygens (including phenoxy) is 1. The van der Waals surface area contributed by atoms with Crippen molar-refractivity contribution in [1.29, 1.82) is 0 Å². The van der Waals surface area contributed by atoms with Gasteiger partial charge in [0.25, 0.3) is 5.91 Å². The molecular weight excluding hydrogens is 384 g/mol. The van der Waals surface area contributed by atoms with Crippen LogP contribution in [-0.4, -0.2) is 41.7 Å². The smallest absolute Gasteiger partial charge is 0.311 e. The number of Topliss-reactive ketones (excluding diaryl/α,β-unsaturated/α-hetero) is 1. The topological polar surface area (TPSA) is 92.8 Å². The molecule has 0 aliphatic carbocycles. The van der Waals surface area contributed by atoms with Crippen molar-refractivity contribution in [3.63, 3.8) is 0 Å². The van der Waals surface area contributed by atoms with Gasteiger partial charge >= 0.3 is 5.97 Å². The van der Waals surface area contributed by atoms with Crippen LogP contribution in [0, 0.1) is 26.7 Å². The Labute approximate surface area is 175 Å². The zero-order valence-corrected chi connectivity index (χ0v) is 17.2. The first-order chi connectivity index (χ1) is 14.2. The van der Waals surface area contributed by atoms with Crippen LogP contribution in [0.2, 0.25) is 0 Å². The van der Waals surface area contributed by atoms with Gasteiger partial charge in [-0.25, -0.2) is 0 Å². The van der Waals surface area contributed by atoms with Gasteiger partial charge < -0.3 is 4.74 Å². The van der Waals surface area contributed by atoms with Crippen LogP contribution in [0.3, 0.4) is 0 Å². The van der Waals surface area contributed by atoms with Crippen molar-refractivity contribution < 1.29 is 23.9 Å². The Morgan fingerprint density at radius 1 is 1.03 bits per heavy atom. The second-order valence-corrected chi connectivity index (χ2v) is 7.55. The van der Waals surface area contributed by atoms with Crippen molar-refractivity contribution in [2.75, 3.05) is 13.2 Å². The highest BCUT2D eigenvalue weighted by atomic mass is 16.5. The standard InChI is InChI=1S/C23H24N2O5/c1-14-5-4-6-18(9-14)22(28)24-25-12-19(11-21(25)27)23(29)30-13-20(26)17-8-7-15(2)16(3)10-17/h4-10,19H,11-13H2,1-3H3,(H,24,28)/t19-/m0/s1. The summed E-state index contributed by atoms with van der Waals surface area (Å²) >= 11 is 0. The monoisotopic (exact) mass is 408 g/mol. The van der Waals surface area contributed by atoms with Gasteiger partial charge in [-0.1, -0.05) is 29.8 Å². The lowest BCUT2D eigenvalue weighted by atomic mass is 10.0. The van der Waals surface area contributed by atoms with E-state index in [2.05, 4.69) is 5.43 Å². The van der Waals surface area contributed by atoms with Crippen LogP contribution in [0.15, 0.2) is 42.5 Å². The van der Waals surface area contributed by atoms with Crippen LogP contribution >= 0.6 is 0 Å². The predicted molar refractivity (Wildman–Crippen MR) is 110 cm³/mol. The molecule has 1 N–H and O–H groups in total. The van der Waals surface area contributed by atoms with E-state index in [9.17, 15) is 19.2 Å². The Kier molecular flexibility index (Phi) is 6.30. The van der Waals surface area contributed by atoms with E-state index in [1.165, 1.54) is 0 Å². The van der Waals surface area contributed by atoms with Crippen molar-refractivity contribution in [2.45, 2.75) is 27.2 Å². The van der Waals surface area contributed by atoms with E-state index in [1.54, 1.807) is 30.3 Å². The third-order valence-electron chi connectivity index (χ3n) is 5.15. The Morgan fingerprint density at radius 2 is 1.80 bits per heavy atom. The van der Waals surface area contributed by atoms with Gasteiger partial charge in [-0.05, 0) is 50.1 Å². The van der Waals surface area contributed by atoms with Gasteiger partial charge in [-0.2, -0.15) is 0 Å². The average molecular weight is 408 g/mol. The van der Waals surface area contributed by atoms with Crippen molar-refractivity contribution in [1.82, 2.24) is 10.4 Å². The highest BCUT2D eigenvalue weighted by molar-refractivity contribution is 5.99. The summed E-state index contributed by atoms with van der Waals surface area (Å²) in [5.41, 5.74) is 6.40. The lowest BCUT2D eigenvalue weighted by Crippen LogP contribution is -2.43. The number of aryl methyl sites for hydroxylation is 3. The van der Waals surface area contributed by atoms with E-state index in [0.29, 0.717) is 11.1 Å². The lowest BCUT2D eigenvalue weighted by molar-refractivity contribution is -0.147. The molecule has 156 valence electrons. The summed E-state index contributed by atoms with van der Waals surface area (Å²) in [6, 6.07) is 12.3. The fourth-order valence-corrected chi connectivity index (χ4v) is 3.20. The molecule has 1 saturated heterocycles. The number of carbonyl (C=O) groups is 4. The van der Waals surface area contributed by atoms with Crippen molar-refractivity contribution in [2.24, 2.45) is 5.92 Å². The second kappa shape index (κ2) is 8.90. The van der Waals surface area contributed by atoms with E-state index >= 15 is 0 Å². The lowest BCUT2D eigenvalue weighted by Gasteiger charge is -2.17. The van der Waals surface area contributed by atoms with E-state index in [4.69, 9.17) is 4.74 Å². The highest BCUT2D eigenvalue weighted by Gasteiger charge is 2.36. The van der Waals surface area contributed by atoms with Gasteiger partial charge in [0.15, 0.2) is 12.4 Å². The Balaban J connectivity index is 1.53. The van der Waals surface area contributed by atoms with E-state index in [1.807, 2.05) is 32.9 Å². The molecule has 0 unspecified atom stereocenters. The number of rotatable bonds is 6. The number of ketones is 1. The van der Waals surface area contributed by atoms with Crippen LogP contribution < -0.4 is 5.43 Å². The zero-order valence-electron chi connectivity index (χ0n) is 17.2. The first-order valence-corrected chi connectivity index (χ1v) is 9.69. The maximum atomic E-state index is 12.3. The number of nitrogens with one attached hydrogen (secondary N) is 1. The number of benzene rings is 2. The SMILES string of the molecule is Cc1cccc(C(=O)NN2C[C@@H](C(=O)OCC(=O)c3ccc(C)c(C)c3)CC2=O)c1. The summed E-state index contributed by atoms with van der Waals surface area (Å²) in [6.45, 7) is 5.34. The molecule has 2 amide bonds. The van der Waals surface area contributed by atoms with E-state index in [-0.39, 0.29) is 31.3 Å². The predicted octanol–water partition coefficient (Wildman–Crippen LogP) is 2.53. The van der Waals surface area contributed by atoms with Crippen LogP contribution in [0.25, 0.3) is 0 Å². The van der Waals surface area contributed by atoms with Gasteiger partial charge in [0.2, 0.25) is 5.91 Å². The van der Waals surface area contributed by atoms with Gasteiger partial charge in [0.1, 0.15) is 0 Å². The summed E-state index contributed by atoms with van der Waals surface area (Å²) < 4.78 is 5.13. The molecule has 1 aliphatic rings. The number of hydrogen-bond donors (Lipinski definition) is 1. The summed E-state index contributed by atoms with van der Waals surface area (Å²) in [5, 5.41) is 1.13. The fourth-order valence-electron chi connectivity index (χ4n) is 3.20. The molecule has 7 heteroatoms. The zero-order chi connectivity index (χ0) is 21.8. The molecular formula is C23H24N2O5. The van der Waals surface area contributed by atoms with Crippen molar-refractivity contribution in [3.05, 3.63) is 70.3 Å². The third-order valence-corrected chi connectivity index (χ3v) is 5.15. The first-order valence-electron chi connectivity index (χ1n) is 9.69. The molecule has 0 bridgehead atoms. The molecule has 0 radical (unpaired) electrons. The number of amides is 2. The average Bonchev–Trinajstić information content (AvgIpc) is 3.08. The molecule has 0 spiro atoms. The first kappa shape index (κ1) is 21.2. The molecule has 3 rings (SSSR count). The molecule has 1 heterocycles. The molecule has 2 aromatic carbocycles. The number of hydrazine groups is 1. The van der Waals surface area contributed by atoms with Gasteiger partial charge in [-0.3, -0.25) is 29.6 Å². The number of esters is 1. The van der Waals surface area contributed by atoms with E-state index < -0.39 is 17.8 Å². The maximum Gasteiger partial charge on any atom is 0.311 e. The third kappa shape index (κ3) is 4.92. The summed E-state index contributed by atoms with van der Waals surface area (Å²) in [6.07, 6.45) is -0.0786. The molecule has 1 fully saturated rings. The Hall–Kier alpha value is -3.48. The molecule has 0 aromatic heterocycles. The fraction of sp³-hybridized carbons (Fsp3) is 0.304. The largest absolute Gasteiger partial charge is 0.457 e. The molecule has 0 saturated carbocycles. The summed E-state index contributed by atoms with van der Waals surface area (Å²) in [5.74, 6) is -2.47. The maximum absolute atomic E-state index is 12.3. The molecule has 2 aromatic rings. The Bertz CT molecular complexity index is 1010. The van der Waals surface area contributed by atoms with Crippen LogP contribution in [0.1, 0.15) is 43.8 Å². The summed E-state index contributed by atoms with van der Waals surface area (Å²) in [4.78, 5) is 49.1. The van der Waals surface area contributed by atoms with Crippen molar-refractivity contribution >= 4 is 23.6 Å². The Morgan fingerprint density at radius 3 is 2.50 bits per heavy atom. The minimum Gasteiger partial charge on any atom is -0.457 e. The van der Waals surface area contributed by atoms with Crippen LogP contribution in [0.5, 0.6) is 0 Å². The number of hydrogen-bond acceptors (Lipinski definition) is 5. The normalized spacial score (nSPS) is 15.8. The molecule has 1 aliphatic heterocycles. The molecule has 7 nitrogen and oxygen atoms in total. The molecule has 1 atom stereocenters.